The summed E-state index contributed by atoms with van der Waals surface area (Å²) < 4.78 is 5.65. The Hall–Kier alpha value is -2.23. The van der Waals surface area contributed by atoms with E-state index in [4.69, 9.17) is 10.5 Å². The van der Waals surface area contributed by atoms with Gasteiger partial charge in [0.25, 0.3) is 0 Å². The fourth-order valence-corrected chi connectivity index (χ4v) is 1.97. The maximum absolute atomic E-state index is 5.90. The molecule has 3 N–H and O–H groups in total. The number of nitrogens with one attached hydrogen (secondary N) is 1. The van der Waals surface area contributed by atoms with Gasteiger partial charge in [-0.3, -0.25) is 0 Å². The molecule has 0 amide bonds. The first-order valence-electron chi connectivity index (χ1n) is 7.19. The van der Waals surface area contributed by atoms with Gasteiger partial charge in [-0.05, 0) is 43.5 Å². The molecule has 0 aliphatic rings. The number of benzene rings is 1. The Bertz CT molecular complexity index is 623. The van der Waals surface area contributed by atoms with Crippen molar-refractivity contribution in [1.29, 1.82) is 0 Å². The van der Waals surface area contributed by atoms with Crippen molar-refractivity contribution < 1.29 is 4.74 Å². The molecule has 1 aromatic carbocycles. The second kappa shape index (κ2) is 6.48. The van der Waals surface area contributed by atoms with Crippen molar-refractivity contribution in [2.24, 2.45) is 5.92 Å². The molecular weight excluding hydrogens is 262 g/mol. The summed E-state index contributed by atoms with van der Waals surface area (Å²) in [5, 5.41) is 3.31. The van der Waals surface area contributed by atoms with Crippen LogP contribution in [0, 0.1) is 19.8 Å². The molecule has 4 nitrogen and oxygen atoms in total. The third-order valence-corrected chi connectivity index (χ3v) is 3.09. The van der Waals surface area contributed by atoms with E-state index in [-0.39, 0.29) is 0 Å². The summed E-state index contributed by atoms with van der Waals surface area (Å²) in [6.07, 6.45) is 0. The highest BCUT2D eigenvalue weighted by atomic mass is 16.5. The summed E-state index contributed by atoms with van der Waals surface area (Å²) in [6, 6.07) is 9.93. The van der Waals surface area contributed by atoms with Crippen molar-refractivity contribution in [3.63, 3.8) is 0 Å². The van der Waals surface area contributed by atoms with Crippen molar-refractivity contribution in [2.45, 2.75) is 27.7 Å². The minimum absolute atomic E-state index is 0.433. The summed E-state index contributed by atoms with van der Waals surface area (Å²) in [4.78, 5) is 4.44. The molecule has 0 bridgehead atoms. The van der Waals surface area contributed by atoms with E-state index in [1.165, 1.54) is 11.1 Å². The third kappa shape index (κ3) is 4.12. The van der Waals surface area contributed by atoms with E-state index in [0.717, 1.165) is 11.5 Å². The molecule has 0 atom stereocenters. The van der Waals surface area contributed by atoms with Gasteiger partial charge in [-0.25, -0.2) is 0 Å². The Morgan fingerprint density at radius 2 is 1.95 bits per heavy atom. The predicted octanol–water partition coefficient (Wildman–Crippen LogP) is 4.06. The van der Waals surface area contributed by atoms with Crippen LogP contribution in [0.3, 0.4) is 0 Å². The zero-order chi connectivity index (χ0) is 15.4. The van der Waals surface area contributed by atoms with Gasteiger partial charge in [-0.1, -0.05) is 31.5 Å². The Kier molecular flexibility index (Phi) is 4.68. The van der Waals surface area contributed by atoms with Gasteiger partial charge in [0.1, 0.15) is 5.82 Å². The molecule has 2 rings (SSSR count). The molecule has 2 aromatic rings. The van der Waals surface area contributed by atoms with Crippen LogP contribution in [-0.2, 0) is 0 Å². The van der Waals surface area contributed by atoms with Gasteiger partial charge in [0.15, 0.2) is 0 Å². The van der Waals surface area contributed by atoms with Crippen LogP contribution in [0.25, 0.3) is 0 Å². The number of nitrogens with zero attached hydrogens (tertiary/aromatic N) is 1. The molecule has 1 aromatic heterocycles. The number of nitrogens with two attached hydrogens (primary N) is 1. The normalized spacial score (nSPS) is 10.7. The van der Waals surface area contributed by atoms with E-state index in [0.29, 0.717) is 24.1 Å². The Morgan fingerprint density at radius 1 is 1.19 bits per heavy atom. The van der Waals surface area contributed by atoms with Crippen LogP contribution in [0.2, 0.25) is 0 Å². The highest BCUT2D eigenvalue weighted by Crippen LogP contribution is 2.25. The largest absolute Gasteiger partial charge is 0.476 e. The topological polar surface area (TPSA) is 60.2 Å². The van der Waals surface area contributed by atoms with E-state index in [1.54, 1.807) is 0 Å². The summed E-state index contributed by atoms with van der Waals surface area (Å²) in [7, 11) is 0. The fraction of sp³-hybridized carbons (Fsp3) is 0.353. The van der Waals surface area contributed by atoms with Crippen LogP contribution >= 0.6 is 0 Å². The fourth-order valence-electron chi connectivity index (χ4n) is 1.97. The molecule has 0 saturated heterocycles. The smallest absolute Gasteiger partial charge is 0.239 e. The molecule has 0 aliphatic heterocycles. The number of pyridine rings is 1. The average molecular weight is 285 g/mol. The summed E-state index contributed by atoms with van der Waals surface area (Å²) >= 11 is 0. The van der Waals surface area contributed by atoms with Crippen molar-refractivity contribution in [3.05, 3.63) is 41.5 Å². The Morgan fingerprint density at radius 3 is 2.62 bits per heavy atom. The number of aromatic nitrogens is 1. The lowest BCUT2D eigenvalue weighted by Gasteiger charge is -2.13. The molecule has 4 heteroatoms. The molecule has 21 heavy (non-hydrogen) atoms. The van der Waals surface area contributed by atoms with Gasteiger partial charge in [-0.2, -0.15) is 4.98 Å². The maximum atomic E-state index is 5.90. The second-order valence-corrected chi connectivity index (χ2v) is 5.74. The molecule has 112 valence electrons. The first-order valence-corrected chi connectivity index (χ1v) is 7.19. The van der Waals surface area contributed by atoms with Crippen LogP contribution in [-0.4, -0.2) is 11.6 Å². The first-order chi connectivity index (χ1) is 9.95. The molecule has 0 aliphatic carbocycles. The van der Waals surface area contributed by atoms with Crippen LogP contribution in [0.15, 0.2) is 30.3 Å². The number of hydrogen-bond acceptors (Lipinski definition) is 4. The number of aryl methyl sites for hydroxylation is 2. The summed E-state index contributed by atoms with van der Waals surface area (Å²) in [5.74, 6) is 1.65. The van der Waals surface area contributed by atoms with E-state index in [1.807, 2.05) is 12.1 Å². The number of anilines is 3. The number of nitrogen functional groups attached to an aromatic ring is 1. The monoisotopic (exact) mass is 285 g/mol. The molecular formula is C17H23N3O. The minimum atomic E-state index is 0.433. The lowest BCUT2D eigenvalue weighted by molar-refractivity contribution is 0.263. The van der Waals surface area contributed by atoms with Crippen LogP contribution in [0.5, 0.6) is 5.88 Å². The van der Waals surface area contributed by atoms with Gasteiger partial charge in [-0.15, -0.1) is 0 Å². The number of hydrogen-bond donors (Lipinski definition) is 2. The molecule has 0 spiro atoms. The average Bonchev–Trinajstić information content (AvgIpc) is 2.42. The van der Waals surface area contributed by atoms with Gasteiger partial charge < -0.3 is 15.8 Å². The van der Waals surface area contributed by atoms with Crippen LogP contribution in [0.4, 0.5) is 17.2 Å². The SMILES string of the molecule is Cc1ccc(Nc2ccc(N)c(OCC(C)C)n2)c(C)c1. The molecule has 0 unspecified atom stereocenters. The van der Waals surface area contributed by atoms with Crippen molar-refractivity contribution in [2.75, 3.05) is 17.7 Å². The first kappa shape index (κ1) is 15.2. The van der Waals surface area contributed by atoms with Crippen LogP contribution in [0.1, 0.15) is 25.0 Å². The van der Waals surface area contributed by atoms with Crippen LogP contribution < -0.4 is 15.8 Å². The number of rotatable bonds is 5. The molecule has 0 radical (unpaired) electrons. The van der Waals surface area contributed by atoms with E-state index < -0.39 is 0 Å². The number of ether oxygens (including phenoxy) is 1. The summed E-state index contributed by atoms with van der Waals surface area (Å²) in [5.41, 5.74) is 9.91. The zero-order valence-electron chi connectivity index (χ0n) is 13.1. The maximum Gasteiger partial charge on any atom is 0.239 e. The lowest BCUT2D eigenvalue weighted by Crippen LogP contribution is -2.08. The van der Waals surface area contributed by atoms with Crippen molar-refractivity contribution in [3.8, 4) is 5.88 Å². The highest BCUT2D eigenvalue weighted by Gasteiger charge is 2.07. The van der Waals surface area contributed by atoms with E-state index in [9.17, 15) is 0 Å². The van der Waals surface area contributed by atoms with E-state index >= 15 is 0 Å². The molecule has 1 heterocycles. The van der Waals surface area contributed by atoms with E-state index in [2.05, 4.69) is 56.2 Å². The second-order valence-electron chi connectivity index (χ2n) is 5.74. The lowest BCUT2D eigenvalue weighted by atomic mass is 10.1. The summed E-state index contributed by atoms with van der Waals surface area (Å²) in [6.45, 7) is 8.94. The van der Waals surface area contributed by atoms with Crippen molar-refractivity contribution in [1.82, 2.24) is 4.98 Å². The minimum Gasteiger partial charge on any atom is -0.476 e. The van der Waals surface area contributed by atoms with Gasteiger partial charge in [0, 0.05) is 5.69 Å². The highest BCUT2D eigenvalue weighted by molar-refractivity contribution is 5.63. The zero-order valence-corrected chi connectivity index (χ0v) is 13.1. The third-order valence-electron chi connectivity index (χ3n) is 3.09. The quantitative estimate of drug-likeness (QED) is 0.869. The predicted molar refractivity (Wildman–Crippen MR) is 88.2 cm³/mol. The standard InChI is InChI=1S/C17H23N3O/c1-11(2)10-21-17-14(18)6-8-16(20-17)19-15-7-5-12(3)9-13(15)4/h5-9,11H,10,18H2,1-4H3,(H,19,20). The molecule has 0 fully saturated rings. The molecule has 0 saturated carbocycles. The van der Waals surface area contributed by atoms with Gasteiger partial charge in [0.05, 0.1) is 12.3 Å². The van der Waals surface area contributed by atoms with Gasteiger partial charge in [0.2, 0.25) is 5.88 Å². The Balaban J connectivity index is 2.18. The van der Waals surface area contributed by atoms with Gasteiger partial charge >= 0.3 is 0 Å². The van der Waals surface area contributed by atoms with Crippen molar-refractivity contribution >= 4 is 17.2 Å². The Labute approximate surface area is 126 Å².